The number of hydrogen-bond acceptors (Lipinski definition) is 6. The summed E-state index contributed by atoms with van der Waals surface area (Å²) in [6.45, 7) is 6.79. The Morgan fingerprint density at radius 2 is 1.85 bits per heavy atom. The normalized spacial score (nSPS) is 18.8. The Hall–Kier alpha value is -3.10. The van der Waals surface area contributed by atoms with E-state index >= 15 is 0 Å². The quantitative estimate of drug-likeness (QED) is 0.448. The minimum absolute atomic E-state index is 0.298. The van der Waals surface area contributed by atoms with Crippen molar-refractivity contribution in [3.63, 3.8) is 0 Å². The van der Waals surface area contributed by atoms with Crippen molar-refractivity contribution in [1.82, 2.24) is 20.2 Å². The van der Waals surface area contributed by atoms with Gasteiger partial charge < -0.3 is 30.2 Å². The van der Waals surface area contributed by atoms with Gasteiger partial charge in [0.05, 0.1) is 19.3 Å². The largest absolute Gasteiger partial charge is 0.384 e. The number of fused-ring (bicyclic) bond motifs is 1. The van der Waals surface area contributed by atoms with Crippen LogP contribution in [0.2, 0.25) is 0 Å². The molecule has 0 unspecified atom stereocenters. The number of rotatable bonds is 8. The molecule has 6 rings (SSSR count). The molecular formula is C26H32N6O2. The van der Waals surface area contributed by atoms with E-state index < -0.39 is 0 Å². The Bertz CT molecular complexity index is 1140. The number of aromatic nitrogens is 2. The fraction of sp³-hybridized carbons (Fsp3) is 0.462. The summed E-state index contributed by atoms with van der Waals surface area (Å²) in [5.41, 5.74) is 5.41. The molecule has 1 amide bonds. The van der Waals surface area contributed by atoms with Gasteiger partial charge in [0.15, 0.2) is 0 Å². The van der Waals surface area contributed by atoms with Crippen molar-refractivity contribution in [3.05, 3.63) is 42.6 Å². The first-order valence-corrected chi connectivity index (χ1v) is 12.4. The molecule has 0 atom stereocenters. The summed E-state index contributed by atoms with van der Waals surface area (Å²) < 4.78 is 5.18. The van der Waals surface area contributed by atoms with E-state index in [-0.39, 0.29) is 0 Å². The van der Waals surface area contributed by atoms with Crippen LogP contribution in [0.5, 0.6) is 0 Å². The molecule has 1 saturated carbocycles. The van der Waals surface area contributed by atoms with Crippen LogP contribution in [-0.2, 0) is 9.53 Å². The second kappa shape index (κ2) is 9.27. The van der Waals surface area contributed by atoms with Crippen molar-refractivity contribution < 1.29 is 9.53 Å². The van der Waals surface area contributed by atoms with Gasteiger partial charge in [0.2, 0.25) is 5.91 Å². The summed E-state index contributed by atoms with van der Waals surface area (Å²) in [5, 5.41) is 8.07. The van der Waals surface area contributed by atoms with Crippen LogP contribution in [0.1, 0.15) is 12.8 Å². The van der Waals surface area contributed by atoms with Gasteiger partial charge in [0.1, 0.15) is 5.65 Å². The van der Waals surface area contributed by atoms with Crippen LogP contribution in [0.25, 0.3) is 22.3 Å². The van der Waals surface area contributed by atoms with E-state index in [9.17, 15) is 4.79 Å². The molecule has 2 aliphatic heterocycles. The van der Waals surface area contributed by atoms with Gasteiger partial charge in [-0.2, -0.15) is 0 Å². The maximum absolute atomic E-state index is 12.4. The third-order valence-corrected chi connectivity index (χ3v) is 7.09. The number of benzene rings is 1. The minimum atomic E-state index is 0.298. The lowest BCUT2D eigenvalue weighted by Gasteiger charge is -2.36. The topological polar surface area (TPSA) is 85.5 Å². The van der Waals surface area contributed by atoms with Crippen LogP contribution in [0.4, 0.5) is 11.4 Å². The molecular weight excluding hydrogens is 428 g/mol. The molecule has 3 aliphatic rings. The minimum Gasteiger partial charge on any atom is -0.384 e. The number of amides is 1. The van der Waals surface area contributed by atoms with Crippen molar-refractivity contribution >= 4 is 28.3 Å². The number of piperazine rings is 1. The average molecular weight is 461 g/mol. The molecule has 0 radical (unpaired) electrons. The number of ether oxygens (including phenoxy) is 1. The molecule has 1 aromatic carbocycles. The standard InChI is InChI=1S/C26H32N6O2/c33-26(19-1-2-19)32-13-11-31(12-14-32)24-7-8-29-25-22(24)15-23(30-25)18-3-5-20(6-4-18)27-9-10-28-21-16-34-17-21/h3-8,15,19,21,27-28H,1-2,9-14,16-17H2,(H,29,30). The van der Waals surface area contributed by atoms with Crippen LogP contribution in [0, 0.1) is 5.92 Å². The third-order valence-electron chi connectivity index (χ3n) is 7.09. The Morgan fingerprint density at radius 1 is 1.06 bits per heavy atom. The number of pyridine rings is 1. The van der Waals surface area contributed by atoms with Gasteiger partial charge in [0.25, 0.3) is 0 Å². The van der Waals surface area contributed by atoms with E-state index in [2.05, 4.69) is 61.9 Å². The zero-order valence-electron chi connectivity index (χ0n) is 19.4. The van der Waals surface area contributed by atoms with E-state index in [1.807, 2.05) is 11.1 Å². The Labute approximate surface area is 199 Å². The molecule has 8 heteroatoms. The zero-order valence-corrected chi connectivity index (χ0v) is 19.4. The Kier molecular flexibility index (Phi) is 5.84. The van der Waals surface area contributed by atoms with E-state index in [4.69, 9.17) is 4.74 Å². The molecule has 4 heterocycles. The molecule has 2 aromatic heterocycles. The molecule has 178 valence electrons. The highest BCUT2D eigenvalue weighted by molar-refractivity contribution is 5.94. The number of aromatic amines is 1. The van der Waals surface area contributed by atoms with Crippen molar-refractivity contribution in [3.8, 4) is 11.3 Å². The number of carbonyl (C=O) groups excluding carboxylic acids is 1. The molecule has 3 N–H and O–H groups in total. The van der Waals surface area contributed by atoms with Crippen molar-refractivity contribution in [1.29, 1.82) is 0 Å². The number of nitrogens with zero attached hydrogens (tertiary/aromatic N) is 3. The molecule has 0 spiro atoms. The molecule has 0 bridgehead atoms. The van der Waals surface area contributed by atoms with Crippen LogP contribution in [0.3, 0.4) is 0 Å². The second-order valence-electron chi connectivity index (χ2n) is 9.55. The summed E-state index contributed by atoms with van der Waals surface area (Å²) in [5.74, 6) is 0.651. The second-order valence-corrected chi connectivity index (χ2v) is 9.55. The zero-order chi connectivity index (χ0) is 22.9. The molecule has 3 aromatic rings. The first-order chi connectivity index (χ1) is 16.7. The molecule has 2 saturated heterocycles. The molecule has 34 heavy (non-hydrogen) atoms. The van der Waals surface area contributed by atoms with Gasteiger partial charge in [-0.1, -0.05) is 12.1 Å². The van der Waals surface area contributed by atoms with Gasteiger partial charge >= 0.3 is 0 Å². The number of nitrogens with one attached hydrogen (secondary N) is 3. The van der Waals surface area contributed by atoms with E-state index in [0.717, 1.165) is 93.3 Å². The summed E-state index contributed by atoms with van der Waals surface area (Å²) in [6, 6.07) is 13.3. The highest BCUT2D eigenvalue weighted by atomic mass is 16.5. The number of anilines is 2. The third kappa shape index (κ3) is 4.48. The lowest BCUT2D eigenvalue weighted by Crippen LogP contribution is -2.49. The van der Waals surface area contributed by atoms with Crippen LogP contribution in [-0.4, -0.2) is 79.3 Å². The Balaban J connectivity index is 1.11. The smallest absolute Gasteiger partial charge is 0.225 e. The van der Waals surface area contributed by atoms with Gasteiger partial charge in [-0.3, -0.25) is 4.79 Å². The van der Waals surface area contributed by atoms with Crippen LogP contribution >= 0.6 is 0 Å². The molecule has 8 nitrogen and oxygen atoms in total. The van der Waals surface area contributed by atoms with E-state index in [1.165, 1.54) is 5.69 Å². The van der Waals surface area contributed by atoms with E-state index in [1.54, 1.807) is 0 Å². The fourth-order valence-electron chi connectivity index (χ4n) is 4.80. The number of H-pyrrole nitrogens is 1. The van der Waals surface area contributed by atoms with Gasteiger partial charge in [-0.15, -0.1) is 0 Å². The molecule has 1 aliphatic carbocycles. The number of hydrogen-bond donors (Lipinski definition) is 3. The summed E-state index contributed by atoms with van der Waals surface area (Å²) in [7, 11) is 0. The van der Waals surface area contributed by atoms with Crippen LogP contribution < -0.4 is 15.5 Å². The first-order valence-electron chi connectivity index (χ1n) is 12.4. The monoisotopic (exact) mass is 460 g/mol. The first kappa shape index (κ1) is 21.4. The van der Waals surface area contributed by atoms with Gasteiger partial charge in [-0.05, 0) is 42.7 Å². The molecule has 3 fully saturated rings. The summed E-state index contributed by atoms with van der Waals surface area (Å²) in [4.78, 5) is 24.9. The van der Waals surface area contributed by atoms with Gasteiger partial charge in [0, 0.05) is 73.8 Å². The summed E-state index contributed by atoms with van der Waals surface area (Å²) in [6.07, 6.45) is 4.01. The highest BCUT2D eigenvalue weighted by Gasteiger charge is 2.34. The average Bonchev–Trinajstić information content (AvgIpc) is 3.60. The Morgan fingerprint density at radius 3 is 2.56 bits per heavy atom. The lowest BCUT2D eigenvalue weighted by molar-refractivity contribution is -0.132. The van der Waals surface area contributed by atoms with Crippen molar-refractivity contribution in [2.45, 2.75) is 18.9 Å². The number of carbonyl (C=O) groups is 1. The van der Waals surface area contributed by atoms with E-state index in [0.29, 0.717) is 17.9 Å². The van der Waals surface area contributed by atoms with Gasteiger partial charge in [-0.25, -0.2) is 4.98 Å². The predicted molar refractivity (Wildman–Crippen MR) is 134 cm³/mol. The van der Waals surface area contributed by atoms with Crippen LogP contribution in [0.15, 0.2) is 42.6 Å². The highest BCUT2D eigenvalue weighted by Crippen LogP contribution is 2.33. The predicted octanol–water partition coefficient (Wildman–Crippen LogP) is 2.69. The van der Waals surface area contributed by atoms with Crippen molar-refractivity contribution in [2.24, 2.45) is 5.92 Å². The maximum atomic E-state index is 12.4. The lowest BCUT2D eigenvalue weighted by atomic mass is 10.1. The fourth-order valence-corrected chi connectivity index (χ4v) is 4.80. The maximum Gasteiger partial charge on any atom is 0.225 e. The SMILES string of the molecule is O=C(C1CC1)N1CCN(c2ccnc3[nH]c(-c4ccc(NCCNC5COC5)cc4)cc23)CC1. The summed E-state index contributed by atoms with van der Waals surface area (Å²) >= 11 is 0. The van der Waals surface area contributed by atoms with Crippen molar-refractivity contribution in [2.75, 3.05) is 62.7 Å².